The number of aromatic nitrogens is 1. The number of hydrogen-bond acceptors (Lipinski definition) is 4. The van der Waals surface area contributed by atoms with Crippen molar-refractivity contribution in [1.29, 1.82) is 0 Å². The van der Waals surface area contributed by atoms with Crippen molar-refractivity contribution in [2.75, 3.05) is 26.7 Å². The van der Waals surface area contributed by atoms with Crippen LogP contribution < -0.4 is 4.74 Å². The normalized spacial score (nSPS) is 18.5. The number of pyridine rings is 1. The Bertz CT molecular complexity index is 1440. The molecule has 5 nitrogen and oxygen atoms in total. The minimum Gasteiger partial charge on any atom is -0.497 e. The monoisotopic (exact) mass is 590 g/mol. The fourth-order valence-corrected chi connectivity index (χ4v) is 5.68. The van der Waals surface area contributed by atoms with Gasteiger partial charge in [-0.1, -0.05) is 23.4 Å². The molecule has 3 aromatic rings. The third kappa shape index (κ3) is 8.11. The van der Waals surface area contributed by atoms with E-state index in [0.29, 0.717) is 61.1 Å². The van der Waals surface area contributed by atoms with Crippen molar-refractivity contribution < 1.29 is 32.2 Å². The molecule has 1 aliphatic heterocycles. The fraction of sp³-hybridized carbons (Fsp3) is 0.419. The largest absolute Gasteiger partial charge is 0.497 e. The van der Waals surface area contributed by atoms with Gasteiger partial charge in [0.05, 0.1) is 29.8 Å². The predicted molar refractivity (Wildman–Crippen MR) is 150 cm³/mol. The molecule has 2 heterocycles. The highest BCUT2D eigenvalue weighted by Gasteiger charge is 2.33. The Morgan fingerprint density at radius 3 is 2.73 bits per heavy atom. The summed E-state index contributed by atoms with van der Waals surface area (Å²) in [6.07, 6.45) is -2.06. The van der Waals surface area contributed by atoms with Crippen LogP contribution in [0.1, 0.15) is 55.0 Å². The van der Waals surface area contributed by atoms with Crippen LogP contribution in [-0.4, -0.2) is 47.7 Å². The van der Waals surface area contributed by atoms with Crippen molar-refractivity contribution in [2.45, 2.75) is 44.5 Å². The van der Waals surface area contributed by atoms with E-state index < -0.39 is 23.9 Å². The highest BCUT2D eigenvalue weighted by atomic mass is 35.5. The molecule has 0 spiro atoms. The van der Waals surface area contributed by atoms with Crippen LogP contribution in [0.25, 0.3) is 10.9 Å². The number of likely N-dealkylation sites (tertiary alicyclic amines) is 1. The minimum atomic E-state index is -4.57. The summed E-state index contributed by atoms with van der Waals surface area (Å²) in [6, 6.07) is 10.6. The average molecular weight is 591 g/mol. The molecule has 1 aliphatic rings. The number of ether oxygens (including phenoxy) is 1. The molecule has 1 N–H and O–H groups in total. The Morgan fingerprint density at radius 2 is 2.00 bits per heavy atom. The van der Waals surface area contributed by atoms with E-state index in [2.05, 4.69) is 21.7 Å². The van der Waals surface area contributed by atoms with Crippen LogP contribution in [0.4, 0.5) is 17.6 Å². The van der Waals surface area contributed by atoms with E-state index in [1.165, 1.54) is 12.1 Å². The Morgan fingerprint density at radius 1 is 1.20 bits per heavy atom. The Hall–Kier alpha value is -3.35. The number of benzene rings is 2. The maximum Gasteiger partial charge on any atom is 0.417 e. The van der Waals surface area contributed by atoms with Gasteiger partial charge in [0.2, 0.25) is 0 Å². The molecule has 1 aromatic heterocycles. The van der Waals surface area contributed by atoms with Gasteiger partial charge in [-0.05, 0) is 92.1 Å². The van der Waals surface area contributed by atoms with Gasteiger partial charge in [-0.2, -0.15) is 13.2 Å². The first-order valence-electron chi connectivity index (χ1n) is 13.4. The molecule has 0 amide bonds. The molecule has 4 rings (SSSR count). The Kier molecular flexibility index (Phi) is 10.1. The standard InChI is InChI=1S/C31H31ClF4N2O3/c1-41-23-7-10-29-25(18-23)24(12-14-37-29)28(33)9-5-21-13-16-38(19-22(21)6-11-30(39)40)15-2-3-20-4-8-27(32)26(17-20)31(34,35)36/h4,7-8,10,12,14,17-18,21-22,28H,5-6,9,11,13,15-16,19H2,1H3,(H,39,40)/t21-,22-,28-/m1/s1. The number of hydrogen-bond donors (Lipinski definition) is 1. The lowest BCUT2D eigenvalue weighted by Gasteiger charge is -2.38. The van der Waals surface area contributed by atoms with Crippen molar-refractivity contribution in [3.05, 3.63) is 70.4 Å². The molecule has 2 aromatic carbocycles. The van der Waals surface area contributed by atoms with E-state index in [4.69, 9.17) is 16.3 Å². The summed E-state index contributed by atoms with van der Waals surface area (Å²) in [6.45, 7) is 1.61. The van der Waals surface area contributed by atoms with Gasteiger partial charge in [0.25, 0.3) is 0 Å². The summed E-state index contributed by atoms with van der Waals surface area (Å²) in [5.74, 6) is 5.64. The summed E-state index contributed by atoms with van der Waals surface area (Å²) >= 11 is 5.69. The molecule has 41 heavy (non-hydrogen) atoms. The van der Waals surface area contributed by atoms with Gasteiger partial charge in [0.15, 0.2) is 0 Å². The van der Waals surface area contributed by atoms with Gasteiger partial charge in [0.1, 0.15) is 11.9 Å². The van der Waals surface area contributed by atoms with Gasteiger partial charge >= 0.3 is 12.1 Å². The highest BCUT2D eigenvalue weighted by Crippen LogP contribution is 2.37. The van der Waals surface area contributed by atoms with E-state index in [1.54, 1.807) is 37.6 Å². The van der Waals surface area contributed by atoms with Crippen LogP contribution in [-0.2, 0) is 11.0 Å². The van der Waals surface area contributed by atoms with Crippen molar-refractivity contribution >= 4 is 28.5 Å². The quantitative estimate of drug-likeness (QED) is 0.206. The number of alkyl halides is 4. The van der Waals surface area contributed by atoms with Crippen molar-refractivity contribution in [2.24, 2.45) is 11.8 Å². The summed E-state index contributed by atoms with van der Waals surface area (Å²) < 4.78 is 60.3. The molecule has 0 saturated carbocycles. The maximum atomic E-state index is 15.6. The molecular formula is C31H31ClF4N2O3. The summed E-state index contributed by atoms with van der Waals surface area (Å²) in [5.41, 5.74) is 0.535. The van der Waals surface area contributed by atoms with E-state index in [1.807, 2.05) is 0 Å². The van der Waals surface area contributed by atoms with Crippen LogP contribution in [0.15, 0.2) is 48.7 Å². The minimum absolute atomic E-state index is 0.0134. The lowest BCUT2D eigenvalue weighted by molar-refractivity contribution is -0.138. The maximum absolute atomic E-state index is 15.6. The number of carbonyl (C=O) groups is 1. The number of halogens is 5. The topological polar surface area (TPSA) is 62.7 Å². The number of aliphatic carboxylic acids is 1. The summed E-state index contributed by atoms with van der Waals surface area (Å²) in [7, 11) is 1.56. The van der Waals surface area contributed by atoms with Gasteiger partial charge in [0, 0.05) is 30.1 Å². The van der Waals surface area contributed by atoms with Crippen LogP contribution in [0, 0.1) is 23.7 Å². The SMILES string of the molecule is COc1ccc2nccc([C@H](F)CC[C@@H]3CCN(CC#Cc4ccc(Cl)c(C(F)(F)F)c4)C[C@H]3CCC(=O)O)c2c1. The van der Waals surface area contributed by atoms with Crippen molar-refractivity contribution in [3.8, 4) is 17.6 Å². The average Bonchev–Trinajstić information content (AvgIpc) is 2.94. The molecule has 0 aliphatic carbocycles. The van der Waals surface area contributed by atoms with Crippen LogP contribution in [0.5, 0.6) is 5.75 Å². The molecular weight excluding hydrogens is 560 g/mol. The Labute approximate surface area is 241 Å². The smallest absolute Gasteiger partial charge is 0.417 e. The van der Waals surface area contributed by atoms with Gasteiger partial charge in [-0.25, -0.2) is 4.39 Å². The van der Waals surface area contributed by atoms with Gasteiger partial charge in [-0.15, -0.1) is 0 Å². The van der Waals surface area contributed by atoms with Gasteiger partial charge in [-0.3, -0.25) is 14.7 Å². The van der Waals surface area contributed by atoms with Crippen LogP contribution in [0.2, 0.25) is 5.02 Å². The predicted octanol–water partition coefficient (Wildman–Crippen LogP) is 7.56. The molecule has 0 bridgehead atoms. The zero-order valence-electron chi connectivity index (χ0n) is 22.6. The zero-order valence-corrected chi connectivity index (χ0v) is 23.3. The molecule has 218 valence electrons. The van der Waals surface area contributed by atoms with Crippen LogP contribution in [0.3, 0.4) is 0 Å². The third-order valence-corrected chi connectivity index (χ3v) is 7.95. The molecule has 1 fully saturated rings. The number of rotatable bonds is 9. The molecule has 10 heteroatoms. The lowest BCUT2D eigenvalue weighted by Crippen LogP contribution is -2.41. The highest BCUT2D eigenvalue weighted by molar-refractivity contribution is 6.31. The van der Waals surface area contributed by atoms with Gasteiger partial charge < -0.3 is 9.84 Å². The fourth-order valence-electron chi connectivity index (χ4n) is 5.45. The second-order valence-corrected chi connectivity index (χ2v) is 10.7. The van der Waals surface area contributed by atoms with E-state index in [-0.39, 0.29) is 28.8 Å². The van der Waals surface area contributed by atoms with Crippen molar-refractivity contribution in [1.82, 2.24) is 9.88 Å². The second-order valence-electron chi connectivity index (χ2n) is 10.3. The van der Waals surface area contributed by atoms with Crippen molar-refractivity contribution in [3.63, 3.8) is 0 Å². The molecule has 3 atom stereocenters. The lowest BCUT2D eigenvalue weighted by atomic mass is 9.79. The first-order chi connectivity index (χ1) is 19.5. The summed E-state index contributed by atoms with van der Waals surface area (Å²) in [4.78, 5) is 17.7. The molecule has 1 saturated heterocycles. The Balaban J connectivity index is 1.40. The first kappa shape index (κ1) is 30.6. The number of nitrogens with zero attached hydrogens (tertiary/aromatic N) is 2. The number of carboxylic acid groups (broad SMARTS) is 1. The number of fused-ring (bicyclic) bond motifs is 1. The zero-order chi connectivity index (χ0) is 29.6. The molecule has 0 unspecified atom stereocenters. The first-order valence-corrected chi connectivity index (χ1v) is 13.8. The van der Waals surface area contributed by atoms with Crippen LogP contribution >= 0.6 is 11.6 Å². The third-order valence-electron chi connectivity index (χ3n) is 7.62. The number of methoxy groups -OCH3 is 1. The van der Waals surface area contributed by atoms with E-state index in [0.717, 1.165) is 12.5 Å². The number of piperidine rings is 1. The van der Waals surface area contributed by atoms with E-state index in [9.17, 15) is 23.1 Å². The second kappa shape index (κ2) is 13.5. The summed E-state index contributed by atoms with van der Waals surface area (Å²) in [5, 5.41) is 9.60. The number of carboxylic acids is 1. The molecule has 0 radical (unpaired) electrons. The van der Waals surface area contributed by atoms with E-state index >= 15 is 4.39 Å².